The highest BCUT2D eigenvalue weighted by Crippen LogP contribution is 2.44. The van der Waals surface area contributed by atoms with E-state index in [-0.39, 0.29) is 16.8 Å². The molecule has 3 N–H and O–H groups in total. The van der Waals surface area contributed by atoms with Crippen LogP contribution in [0.3, 0.4) is 0 Å². The van der Waals surface area contributed by atoms with Crippen LogP contribution >= 0.6 is 11.6 Å². The van der Waals surface area contributed by atoms with Gasteiger partial charge in [0.25, 0.3) is 0 Å². The second-order valence-corrected chi connectivity index (χ2v) is 5.34. The lowest BCUT2D eigenvalue weighted by molar-refractivity contribution is 0.295. The van der Waals surface area contributed by atoms with Crippen LogP contribution in [-0.2, 0) is 0 Å². The zero-order valence-electron chi connectivity index (χ0n) is 11.0. The van der Waals surface area contributed by atoms with Crippen molar-refractivity contribution in [1.82, 2.24) is 4.90 Å². The monoisotopic (exact) mass is 288 g/mol. The van der Waals surface area contributed by atoms with Crippen molar-refractivity contribution in [2.24, 2.45) is 11.7 Å². The molecule has 1 aromatic rings. The first kappa shape index (κ1) is 14.4. The van der Waals surface area contributed by atoms with Crippen molar-refractivity contribution >= 4 is 11.6 Å². The number of nitrogens with zero attached hydrogens (tertiary/aromatic N) is 1. The van der Waals surface area contributed by atoms with Crippen molar-refractivity contribution in [3.63, 3.8) is 0 Å². The average Bonchev–Trinajstić information content (AvgIpc) is 2.77. The lowest BCUT2D eigenvalue weighted by atomic mass is 9.98. The van der Waals surface area contributed by atoms with Crippen molar-refractivity contribution in [2.75, 3.05) is 27.2 Å². The number of benzene rings is 1. The van der Waals surface area contributed by atoms with Gasteiger partial charge in [-0.2, -0.15) is 4.39 Å². The molecule has 1 fully saturated rings. The summed E-state index contributed by atoms with van der Waals surface area (Å²) in [6, 6.07) is 1.56. The van der Waals surface area contributed by atoms with Gasteiger partial charge in [-0.05, 0) is 32.0 Å². The van der Waals surface area contributed by atoms with Gasteiger partial charge in [0.05, 0.1) is 12.1 Å². The van der Waals surface area contributed by atoms with Gasteiger partial charge in [-0.3, -0.25) is 4.90 Å². The Kier molecular flexibility index (Phi) is 4.18. The SMILES string of the molecule is COc1c(C2CC(CN)CN2C)cc(Cl)c(O)c1F. The molecule has 2 unspecified atom stereocenters. The zero-order valence-corrected chi connectivity index (χ0v) is 11.7. The number of hydrogen-bond donors (Lipinski definition) is 2. The quantitative estimate of drug-likeness (QED) is 0.895. The Labute approximate surface area is 116 Å². The van der Waals surface area contributed by atoms with E-state index in [4.69, 9.17) is 22.1 Å². The van der Waals surface area contributed by atoms with E-state index in [0.717, 1.165) is 13.0 Å². The van der Waals surface area contributed by atoms with Gasteiger partial charge in [-0.15, -0.1) is 0 Å². The Morgan fingerprint density at radius 1 is 1.63 bits per heavy atom. The summed E-state index contributed by atoms with van der Waals surface area (Å²) in [5.74, 6) is -0.959. The molecule has 1 aliphatic heterocycles. The van der Waals surface area contributed by atoms with Crippen LogP contribution in [0.15, 0.2) is 6.07 Å². The summed E-state index contributed by atoms with van der Waals surface area (Å²) in [5, 5.41) is 9.53. The second kappa shape index (κ2) is 5.53. The fourth-order valence-electron chi connectivity index (χ4n) is 2.70. The summed E-state index contributed by atoms with van der Waals surface area (Å²) in [6.07, 6.45) is 0.823. The van der Waals surface area contributed by atoms with Crippen LogP contribution in [0, 0.1) is 11.7 Å². The first-order valence-corrected chi connectivity index (χ1v) is 6.52. The van der Waals surface area contributed by atoms with Gasteiger partial charge in [0, 0.05) is 18.2 Å². The molecule has 0 aliphatic carbocycles. The Morgan fingerprint density at radius 2 is 2.32 bits per heavy atom. The molecular formula is C13H18ClFN2O2. The molecule has 0 radical (unpaired) electrons. The molecule has 6 heteroatoms. The van der Waals surface area contributed by atoms with Crippen LogP contribution in [0.4, 0.5) is 4.39 Å². The van der Waals surface area contributed by atoms with Gasteiger partial charge in [0.1, 0.15) is 0 Å². The standard InChI is InChI=1S/C13H18ClFN2O2/c1-17-6-7(5-16)3-10(17)8-4-9(14)12(18)11(15)13(8)19-2/h4,7,10,18H,3,5-6,16H2,1-2H3. The summed E-state index contributed by atoms with van der Waals surface area (Å²) in [4.78, 5) is 2.10. The molecule has 2 rings (SSSR count). The first-order chi connectivity index (χ1) is 8.99. The molecule has 0 bridgehead atoms. The van der Waals surface area contributed by atoms with Crippen molar-refractivity contribution < 1.29 is 14.2 Å². The number of methoxy groups -OCH3 is 1. The molecule has 19 heavy (non-hydrogen) atoms. The third-order valence-electron chi connectivity index (χ3n) is 3.71. The molecule has 0 amide bonds. The van der Waals surface area contributed by atoms with Gasteiger partial charge in [-0.1, -0.05) is 11.6 Å². The van der Waals surface area contributed by atoms with Crippen LogP contribution in [0.2, 0.25) is 5.02 Å². The van der Waals surface area contributed by atoms with Crippen molar-refractivity contribution in [2.45, 2.75) is 12.5 Å². The highest BCUT2D eigenvalue weighted by atomic mass is 35.5. The molecule has 0 saturated carbocycles. The van der Waals surface area contributed by atoms with Gasteiger partial charge in [0.15, 0.2) is 11.5 Å². The Bertz CT molecular complexity index is 484. The maximum atomic E-state index is 14.0. The lowest BCUT2D eigenvalue weighted by Gasteiger charge is -2.22. The van der Waals surface area contributed by atoms with Crippen LogP contribution in [-0.4, -0.2) is 37.3 Å². The number of phenols is 1. The summed E-state index contributed by atoms with van der Waals surface area (Å²) >= 11 is 5.86. The number of halogens is 2. The third-order valence-corrected chi connectivity index (χ3v) is 4.00. The minimum Gasteiger partial charge on any atom is -0.504 e. The number of ether oxygens (including phenoxy) is 1. The second-order valence-electron chi connectivity index (χ2n) is 4.94. The maximum Gasteiger partial charge on any atom is 0.208 e. The number of hydrogen-bond acceptors (Lipinski definition) is 4. The lowest BCUT2D eigenvalue weighted by Crippen LogP contribution is -2.21. The molecule has 106 valence electrons. The van der Waals surface area contributed by atoms with Crippen LogP contribution in [0.1, 0.15) is 18.0 Å². The van der Waals surface area contributed by atoms with Crippen molar-refractivity contribution in [1.29, 1.82) is 0 Å². The van der Waals surface area contributed by atoms with E-state index in [2.05, 4.69) is 4.90 Å². The number of aromatic hydroxyl groups is 1. The number of likely N-dealkylation sites (tertiary alicyclic amines) is 1. The van der Waals surface area contributed by atoms with E-state index in [1.54, 1.807) is 6.07 Å². The molecule has 4 nitrogen and oxygen atoms in total. The Hall–Kier alpha value is -1.04. The minimum absolute atomic E-state index is 0.00195. The zero-order chi connectivity index (χ0) is 14.2. The largest absolute Gasteiger partial charge is 0.504 e. The first-order valence-electron chi connectivity index (χ1n) is 6.14. The van der Waals surface area contributed by atoms with Gasteiger partial charge in [0.2, 0.25) is 5.82 Å². The molecule has 1 aromatic carbocycles. The summed E-state index contributed by atoms with van der Waals surface area (Å²) < 4.78 is 19.1. The van der Waals surface area contributed by atoms with E-state index in [1.165, 1.54) is 7.11 Å². The summed E-state index contributed by atoms with van der Waals surface area (Å²) in [5.41, 5.74) is 6.35. The summed E-state index contributed by atoms with van der Waals surface area (Å²) in [7, 11) is 3.34. The third kappa shape index (κ3) is 2.50. The van der Waals surface area contributed by atoms with Gasteiger partial charge >= 0.3 is 0 Å². The van der Waals surface area contributed by atoms with E-state index >= 15 is 0 Å². The number of rotatable bonds is 3. The Morgan fingerprint density at radius 3 is 2.84 bits per heavy atom. The predicted molar refractivity (Wildman–Crippen MR) is 72.2 cm³/mol. The van der Waals surface area contributed by atoms with Crippen LogP contribution < -0.4 is 10.5 Å². The number of phenolic OH excluding ortho intramolecular Hbond substituents is 1. The van der Waals surface area contributed by atoms with Crippen molar-refractivity contribution in [3.05, 3.63) is 22.5 Å². The van der Waals surface area contributed by atoms with E-state index in [9.17, 15) is 9.50 Å². The molecule has 1 saturated heterocycles. The number of nitrogens with two attached hydrogens (primary N) is 1. The van der Waals surface area contributed by atoms with E-state index < -0.39 is 11.6 Å². The van der Waals surface area contributed by atoms with Crippen molar-refractivity contribution in [3.8, 4) is 11.5 Å². The summed E-state index contributed by atoms with van der Waals surface area (Å²) in [6.45, 7) is 1.45. The normalized spacial score (nSPS) is 23.8. The van der Waals surface area contributed by atoms with E-state index in [0.29, 0.717) is 18.0 Å². The van der Waals surface area contributed by atoms with E-state index in [1.807, 2.05) is 7.05 Å². The predicted octanol–water partition coefficient (Wildman–Crippen LogP) is 2.14. The highest BCUT2D eigenvalue weighted by Gasteiger charge is 2.33. The smallest absolute Gasteiger partial charge is 0.208 e. The average molecular weight is 289 g/mol. The van der Waals surface area contributed by atoms with Crippen LogP contribution in [0.5, 0.6) is 11.5 Å². The molecule has 1 aliphatic rings. The minimum atomic E-state index is -0.811. The fraction of sp³-hybridized carbons (Fsp3) is 0.538. The molecule has 0 aromatic heterocycles. The molecule has 1 heterocycles. The Balaban J connectivity index is 2.45. The molecular weight excluding hydrogens is 271 g/mol. The topological polar surface area (TPSA) is 58.7 Å². The van der Waals surface area contributed by atoms with Gasteiger partial charge < -0.3 is 15.6 Å². The molecule has 0 spiro atoms. The fourth-order valence-corrected chi connectivity index (χ4v) is 2.90. The van der Waals surface area contributed by atoms with Gasteiger partial charge in [-0.25, -0.2) is 0 Å². The van der Waals surface area contributed by atoms with Crippen LogP contribution in [0.25, 0.3) is 0 Å². The highest BCUT2D eigenvalue weighted by molar-refractivity contribution is 6.32. The maximum absolute atomic E-state index is 14.0. The molecule has 2 atom stereocenters.